The summed E-state index contributed by atoms with van der Waals surface area (Å²) in [6.45, 7) is 9.04. The number of pyridine rings is 1. The van der Waals surface area contributed by atoms with E-state index in [2.05, 4.69) is 27.8 Å². The van der Waals surface area contributed by atoms with E-state index in [1.807, 2.05) is 47.5 Å². The molecule has 2 aromatic rings. The average molecular weight is 386 g/mol. The van der Waals surface area contributed by atoms with Crippen molar-refractivity contribution in [2.45, 2.75) is 46.1 Å². The second-order valence-corrected chi connectivity index (χ2v) is 7.45. The topological polar surface area (TPSA) is 86.9 Å². The lowest BCUT2D eigenvalue weighted by molar-refractivity contribution is -0.135. The number of piperidine rings is 1. The average Bonchev–Trinajstić information content (AvgIpc) is 3.11. The molecule has 0 spiro atoms. The zero-order chi connectivity index (χ0) is 19.9. The molecular weight excluding hydrogens is 354 g/mol. The third-order valence-electron chi connectivity index (χ3n) is 4.98. The maximum Gasteiger partial charge on any atom is 0.225 e. The van der Waals surface area contributed by atoms with Crippen LogP contribution in [0.15, 0.2) is 29.4 Å². The van der Waals surface area contributed by atoms with Gasteiger partial charge in [0.25, 0.3) is 0 Å². The van der Waals surface area contributed by atoms with Gasteiger partial charge in [-0.2, -0.15) is 0 Å². The number of likely N-dealkylation sites (tertiary alicyclic amines) is 1. The smallest absolute Gasteiger partial charge is 0.225 e. The number of aliphatic imine (C=N–C) groups is 1. The minimum atomic E-state index is 0.0663. The van der Waals surface area contributed by atoms with E-state index in [4.69, 9.17) is 4.99 Å². The Morgan fingerprint density at radius 1 is 1.29 bits per heavy atom. The number of hydrogen-bond acceptors (Lipinski definition) is 4. The van der Waals surface area contributed by atoms with Crippen LogP contribution in [0.4, 0.5) is 0 Å². The highest BCUT2D eigenvalue weighted by molar-refractivity contribution is 5.80. The van der Waals surface area contributed by atoms with Gasteiger partial charge in [0.2, 0.25) is 5.91 Å². The molecular formula is C20H31N7O. The first-order valence-electron chi connectivity index (χ1n) is 10.2. The fraction of sp³-hybridized carbons (Fsp3) is 0.600. The fourth-order valence-electron chi connectivity index (χ4n) is 3.45. The van der Waals surface area contributed by atoms with Crippen molar-refractivity contribution in [2.24, 2.45) is 10.9 Å². The lowest BCUT2D eigenvalue weighted by Crippen LogP contribution is -2.50. The number of nitrogens with one attached hydrogen (secondary N) is 2. The van der Waals surface area contributed by atoms with Gasteiger partial charge in [-0.05, 0) is 31.9 Å². The molecule has 1 fully saturated rings. The van der Waals surface area contributed by atoms with Crippen molar-refractivity contribution >= 4 is 17.5 Å². The number of amides is 1. The second kappa shape index (κ2) is 9.52. The van der Waals surface area contributed by atoms with Crippen molar-refractivity contribution in [3.05, 3.63) is 30.2 Å². The third-order valence-corrected chi connectivity index (χ3v) is 4.98. The molecule has 0 atom stereocenters. The maximum absolute atomic E-state index is 12.1. The lowest BCUT2D eigenvalue weighted by Gasteiger charge is -2.34. The Hall–Kier alpha value is -2.64. The van der Waals surface area contributed by atoms with E-state index in [0.29, 0.717) is 12.6 Å². The first-order valence-corrected chi connectivity index (χ1v) is 10.2. The Kier molecular flexibility index (Phi) is 6.84. The van der Waals surface area contributed by atoms with Crippen LogP contribution in [0.5, 0.6) is 0 Å². The quantitative estimate of drug-likeness (QED) is 0.581. The van der Waals surface area contributed by atoms with Gasteiger partial charge in [0.05, 0.1) is 0 Å². The molecule has 3 rings (SSSR count). The molecule has 1 saturated heterocycles. The zero-order valence-electron chi connectivity index (χ0n) is 17.1. The van der Waals surface area contributed by atoms with Crippen molar-refractivity contribution in [3.8, 4) is 0 Å². The molecule has 3 heterocycles. The summed E-state index contributed by atoms with van der Waals surface area (Å²) in [4.78, 5) is 18.8. The van der Waals surface area contributed by atoms with Gasteiger partial charge in [0.15, 0.2) is 11.6 Å². The summed E-state index contributed by atoms with van der Waals surface area (Å²) in [5.41, 5.74) is 0.856. The fourth-order valence-corrected chi connectivity index (χ4v) is 3.45. The summed E-state index contributed by atoms with van der Waals surface area (Å²) in [7, 11) is 0. The van der Waals surface area contributed by atoms with Crippen molar-refractivity contribution in [1.82, 2.24) is 30.1 Å². The predicted molar refractivity (Wildman–Crippen MR) is 110 cm³/mol. The molecule has 2 aromatic heterocycles. The standard InChI is InChI=1S/C20H31N7O/c1-4-21-20(23-16-9-13-26(14-10-16)19(28)15(2)3)22-11-8-18-25-24-17-7-5-6-12-27(17)18/h5-7,12,15-16H,4,8-11,13-14H2,1-3H3,(H2,21,22,23). The molecule has 0 radical (unpaired) electrons. The number of hydrogen-bond donors (Lipinski definition) is 2. The summed E-state index contributed by atoms with van der Waals surface area (Å²) in [5, 5.41) is 15.3. The summed E-state index contributed by atoms with van der Waals surface area (Å²) < 4.78 is 2.00. The van der Waals surface area contributed by atoms with Crippen LogP contribution in [0.3, 0.4) is 0 Å². The molecule has 0 saturated carbocycles. The highest BCUT2D eigenvalue weighted by Gasteiger charge is 2.24. The molecule has 152 valence electrons. The SMILES string of the molecule is CCNC(=NCCc1nnc2ccccn12)NC1CCN(C(=O)C(C)C)CC1. The van der Waals surface area contributed by atoms with Gasteiger partial charge < -0.3 is 15.5 Å². The van der Waals surface area contributed by atoms with E-state index in [9.17, 15) is 4.79 Å². The molecule has 8 nitrogen and oxygen atoms in total. The van der Waals surface area contributed by atoms with E-state index in [-0.39, 0.29) is 11.8 Å². The highest BCUT2D eigenvalue weighted by atomic mass is 16.2. The van der Waals surface area contributed by atoms with Crippen LogP contribution in [-0.2, 0) is 11.2 Å². The van der Waals surface area contributed by atoms with E-state index in [1.165, 1.54) is 0 Å². The summed E-state index contributed by atoms with van der Waals surface area (Å²) >= 11 is 0. The molecule has 8 heteroatoms. The van der Waals surface area contributed by atoms with Crippen LogP contribution >= 0.6 is 0 Å². The van der Waals surface area contributed by atoms with Gasteiger partial charge in [-0.1, -0.05) is 19.9 Å². The first kappa shape index (κ1) is 20.1. The number of nitrogens with zero attached hydrogens (tertiary/aromatic N) is 5. The second-order valence-electron chi connectivity index (χ2n) is 7.45. The number of rotatable bonds is 6. The van der Waals surface area contributed by atoms with E-state index >= 15 is 0 Å². The van der Waals surface area contributed by atoms with Crippen LogP contribution in [-0.4, -0.2) is 63.6 Å². The van der Waals surface area contributed by atoms with Crippen molar-refractivity contribution in [2.75, 3.05) is 26.2 Å². The van der Waals surface area contributed by atoms with Crippen LogP contribution in [0, 0.1) is 5.92 Å². The van der Waals surface area contributed by atoms with Crippen LogP contribution in [0.2, 0.25) is 0 Å². The van der Waals surface area contributed by atoms with Gasteiger partial charge in [-0.3, -0.25) is 14.2 Å². The normalized spacial score (nSPS) is 16.0. The van der Waals surface area contributed by atoms with Gasteiger partial charge in [0.1, 0.15) is 5.82 Å². The van der Waals surface area contributed by atoms with Gasteiger partial charge in [-0.25, -0.2) is 0 Å². The Balaban J connectivity index is 1.53. The molecule has 28 heavy (non-hydrogen) atoms. The molecule has 2 N–H and O–H groups in total. The Bertz CT molecular complexity index is 806. The summed E-state index contributed by atoms with van der Waals surface area (Å²) in [5.74, 6) is 2.05. The number of carbonyl (C=O) groups is 1. The number of guanidine groups is 1. The molecule has 0 unspecified atom stereocenters. The summed E-state index contributed by atoms with van der Waals surface area (Å²) in [6.07, 6.45) is 4.59. The zero-order valence-corrected chi connectivity index (χ0v) is 17.1. The molecule has 1 aliphatic heterocycles. The van der Waals surface area contributed by atoms with Crippen LogP contribution < -0.4 is 10.6 Å². The van der Waals surface area contributed by atoms with E-state index < -0.39 is 0 Å². The monoisotopic (exact) mass is 385 g/mol. The highest BCUT2D eigenvalue weighted by Crippen LogP contribution is 2.13. The Morgan fingerprint density at radius 2 is 2.07 bits per heavy atom. The summed E-state index contributed by atoms with van der Waals surface area (Å²) in [6, 6.07) is 6.22. The number of carbonyl (C=O) groups excluding carboxylic acids is 1. The van der Waals surface area contributed by atoms with E-state index in [0.717, 1.165) is 56.3 Å². The maximum atomic E-state index is 12.1. The minimum absolute atomic E-state index is 0.0663. The first-order chi connectivity index (χ1) is 13.6. The van der Waals surface area contributed by atoms with Crippen molar-refractivity contribution in [1.29, 1.82) is 0 Å². The Morgan fingerprint density at radius 3 is 2.79 bits per heavy atom. The third kappa shape index (κ3) is 4.99. The van der Waals surface area contributed by atoms with E-state index in [1.54, 1.807) is 0 Å². The van der Waals surface area contributed by atoms with Gasteiger partial charge in [0, 0.05) is 50.8 Å². The minimum Gasteiger partial charge on any atom is -0.357 e. The van der Waals surface area contributed by atoms with Crippen molar-refractivity contribution < 1.29 is 4.79 Å². The van der Waals surface area contributed by atoms with Gasteiger partial charge in [-0.15, -0.1) is 10.2 Å². The largest absolute Gasteiger partial charge is 0.357 e. The van der Waals surface area contributed by atoms with Crippen molar-refractivity contribution in [3.63, 3.8) is 0 Å². The molecule has 0 aliphatic carbocycles. The molecule has 0 aromatic carbocycles. The van der Waals surface area contributed by atoms with Gasteiger partial charge >= 0.3 is 0 Å². The van der Waals surface area contributed by atoms with Crippen LogP contribution in [0.1, 0.15) is 39.4 Å². The Labute approximate surface area is 166 Å². The molecule has 1 aliphatic rings. The number of fused-ring (bicyclic) bond motifs is 1. The molecule has 1 amide bonds. The predicted octanol–water partition coefficient (Wildman–Crippen LogP) is 1.47. The lowest BCUT2D eigenvalue weighted by atomic mass is 10.0. The van der Waals surface area contributed by atoms with Crippen LogP contribution in [0.25, 0.3) is 5.65 Å². The number of aromatic nitrogens is 3. The molecule has 0 bridgehead atoms.